The van der Waals surface area contributed by atoms with E-state index in [9.17, 15) is 9.59 Å². The van der Waals surface area contributed by atoms with Crippen molar-refractivity contribution in [3.8, 4) is 0 Å². The van der Waals surface area contributed by atoms with Gasteiger partial charge in [-0.2, -0.15) is 5.10 Å². The van der Waals surface area contributed by atoms with Gasteiger partial charge in [-0.1, -0.05) is 25.1 Å². The van der Waals surface area contributed by atoms with E-state index in [1.165, 1.54) is 4.68 Å². The standard InChI is InChI=1S/C16H19N3O2/c1-2-13(18-15(20)11-7-8-11)10-19-16(21)14-6-4-3-5-12(14)9-17-19/h3-6,9,11,13H,2,7-8,10H2,1H3,(H,18,20)/t13-/m0/s1. The number of benzene rings is 1. The number of rotatable bonds is 5. The van der Waals surface area contributed by atoms with Gasteiger partial charge in [-0.05, 0) is 25.3 Å². The molecule has 1 N–H and O–H groups in total. The van der Waals surface area contributed by atoms with Crippen LogP contribution in [0.4, 0.5) is 0 Å². The second-order valence-electron chi connectivity index (χ2n) is 5.61. The number of hydrogen-bond acceptors (Lipinski definition) is 3. The highest BCUT2D eigenvalue weighted by molar-refractivity contribution is 5.81. The lowest BCUT2D eigenvalue weighted by atomic mass is 10.2. The number of amides is 1. The Kier molecular flexibility index (Phi) is 3.73. The zero-order valence-corrected chi connectivity index (χ0v) is 12.1. The van der Waals surface area contributed by atoms with Gasteiger partial charge in [-0.15, -0.1) is 0 Å². The fraction of sp³-hybridized carbons (Fsp3) is 0.438. The lowest BCUT2D eigenvalue weighted by molar-refractivity contribution is -0.123. The van der Waals surface area contributed by atoms with Crippen LogP contribution < -0.4 is 10.9 Å². The molecule has 0 unspecified atom stereocenters. The van der Waals surface area contributed by atoms with E-state index in [1.807, 2.05) is 25.1 Å². The molecule has 0 aliphatic heterocycles. The maximum absolute atomic E-state index is 12.4. The molecular formula is C16H19N3O2. The molecule has 1 saturated carbocycles. The minimum Gasteiger partial charge on any atom is -0.351 e. The van der Waals surface area contributed by atoms with Crippen LogP contribution in [-0.4, -0.2) is 21.7 Å². The van der Waals surface area contributed by atoms with Gasteiger partial charge in [0.15, 0.2) is 0 Å². The fourth-order valence-corrected chi connectivity index (χ4v) is 2.41. The highest BCUT2D eigenvalue weighted by atomic mass is 16.2. The Morgan fingerprint density at radius 2 is 2.19 bits per heavy atom. The van der Waals surface area contributed by atoms with Crippen LogP contribution in [0.3, 0.4) is 0 Å². The second kappa shape index (κ2) is 5.68. The van der Waals surface area contributed by atoms with E-state index in [-0.39, 0.29) is 23.4 Å². The second-order valence-corrected chi connectivity index (χ2v) is 5.61. The highest BCUT2D eigenvalue weighted by Gasteiger charge is 2.30. The van der Waals surface area contributed by atoms with Crippen LogP contribution in [0.15, 0.2) is 35.3 Å². The summed E-state index contributed by atoms with van der Waals surface area (Å²) in [5, 5.41) is 8.73. The van der Waals surface area contributed by atoms with Gasteiger partial charge in [0.05, 0.1) is 18.1 Å². The van der Waals surface area contributed by atoms with Crippen LogP contribution in [0.25, 0.3) is 10.8 Å². The molecule has 3 rings (SSSR count). The Morgan fingerprint density at radius 1 is 1.43 bits per heavy atom. The van der Waals surface area contributed by atoms with Crippen molar-refractivity contribution in [3.05, 3.63) is 40.8 Å². The van der Waals surface area contributed by atoms with Crippen LogP contribution in [0.1, 0.15) is 26.2 Å². The molecule has 0 radical (unpaired) electrons. The van der Waals surface area contributed by atoms with Crippen LogP contribution in [0.2, 0.25) is 0 Å². The summed E-state index contributed by atoms with van der Waals surface area (Å²) in [7, 11) is 0. The van der Waals surface area contributed by atoms with E-state index in [0.717, 1.165) is 24.6 Å². The predicted molar refractivity (Wildman–Crippen MR) is 80.9 cm³/mol. The molecule has 5 heteroatoms. The van der Waals surface area contributed by atoms with Crippen molar-refractivity contribution in [1.82, 2.24) is 15.1 Å². The van der Waals surface area contributed by atoms with Gasteiger partial charge in [-0.25, -0.2) is 4.68 Å². The number of nitrogens with one attached hydrogen (secondary N) is 1. The number of nitrogens with zero attached hydrogens (tertiary/aromatic N) is 2. The summed E-state index contributed by atoms with van der Waals surface area (Å²) in [4.78, 5) is 24.2. The molecule has 21 heavy (non-hydrogen) atoms. The molecule has 1 amide bonds. The summed E-state index contributed by atoms with van der Waals surface area (Å²) in [5.74, 6) is 0.288. The SMILES string of the molecule is CC[C@@H](Cn1ncc2ccccc2c1=O)NC(=O)C1CC1. The largest absolute Gasteiger partial charge is 0.351 e. The van der Waals surface area contributed by atoms with Gasteiger partial charge >= 0.3 is 0 Å². The molecule has 1 aliphatic carbocycles. The average molecular weight is 285 g/mol. The fourth-order valence-electron chi connectivity index (χ4n) is 2.41. The predicted octanol–water partition coefficient (Wildman–Crippen LogP) is 1.70. The van der Waals surface area contributed by atoms with Crippen LogP contribution in [0, 0.1) is 5.92 Å². The first-order valence-electron chi connectivity index (χ1n) is 7.44. The lowest BCUT2D eigenvalue weighted by Crippen LogP contribution is -2.41. The summed E-state index contributed by atoms with van der Waals surface area (Å²) in [6, 6.07) is 7.36. The van der Waals surface area contributed by atoms with Gasteiger partial charge < -0.3 is 5.32 Å². The van der Waals surface area contributed by atoms with Gasteiger partial charge in [0.25, 0.3) is 5.56 Å². The maximum Gasteiger partial charge on any atom is 0.274 e. The number of aromatic nitrogens is 2. The van der Waals surface area contributed by atoms with Crippen molar-refractivity contribution in [2.45, 2.75) is 38.8 Å². The van der Waals surface area contributed by atoms with Crippen molar-refractivity contribution >= 4 is 16.7 Å². The molecule has 1 aromatic heterocycles. The Balaban J connectivity index is 1.80. The summed E-state index contributed by atoms with van der Waals surface area (Å²) < 4.78 is 1.45. The third kappa shape index (κ3) is 2.96. The third-order valence-electron chi connectivity index (χ3n) is 3.94. The molecule has 1 heterocycles. The van der Waals surface area contributed by atoms with E-state index in [1.54, 1.807) is 12.3 Å². The first-order valence-corrected chi connectivity index (χ1v) is 7.44. The van der Waals surface area contributed by atoms with E-state index in [4.69, 9.17) is 0 Å². The molecule has 0 saturated heterocycles. The van der Waals surface area contributed by atoms with Crippen molar-refractivity contribution in [3.63, 3.8) is 0 Å². The van der Waals surface area contributed by atoms with Crippen molar-refractivity contribution in [1.29, 1.82) is 0 Å². The average Bonchev–Trinajstić information content (AvgIpc) is 3.34. The molecule has 1 aliphatic rings. The summed E-state index contributed by atoms with van der Waals surface area (Å²) in [6.07, 6.45) is 4.44. The van der Waals surface area contributed by atoms with E-state index >= 15 is 0 Å². The number of hydrogen-bond donors (Lipinski definition) is 1. The normalized spacial score (nSPS) is 15.9. The summed E-state index contributed by atoms with van der Waals surface area (Å²) in [6.45, 7) is 2.42. The minimum absolute atomic E-state index is 0.0514. The zero-order chi connectivity index (χ0) is 14.8. The molecule has 110 valence electrons. The molecule has 1 aromatic carbocycles. The number of carbonyl (C=O) groups is 1. The van der Waals surface area contributed by atoms with Crippen molar-refractivity contribution in [2.75, 3.05) is 0 Å². The summed E-state index contributed by atoms with van der Waals surface area (Å²) >= 11 is 0. The van der Waals surface area contributed by atoms with Crippen molar-refractivity contribution < 1.29 is 4.79 Å². The molecule has 0 bridgehead atoms. The van der Waals surface area contributed by atoms with Gasteiger partial charge in [0, 0.05) is 17.3 Å². The number of carbonyl (C=O) groups excluding carboxylic acids is 1. The van der Waals surface area contributed by atoms with Crippen LogP contribution in [0.5, 0.6) is 0 Å². The van der Waals surface area contributed by atoms with Crippen molar-refractivity contribution in [2.24, 2.45) is 5.92 Å². The van der Waals surface area contributed by atoms with Crippen LogP contribution >= 0.6 is 0 Å². The molecule has 1 fully saturated rings. The minimum atomic E-state index is -0.104. The van der Waals surface area contributed by atoms with Gasteiger partial charge in [-0.3, -0.25) is 9.59 Å². The zero-order valence-electron chi connectivity index (χ0n) is 12.1. The first-order chi connectivity index (χ1) is 10.2. The smallest absolute Gasteiger partial charge is 0.274 e. The Bertz CT molecular complexity index is 719. The van der Waals surface area contributed by atoms with Crippen LogP contribution in [-0.2, 0) is 11.3 Å². The molecule has 5 nitrogen and oxygen atoms in total. The van der Waals surface area contributed by atoms with E-state index < -0.39 is 0 Å². The molecule has 2 aromatic rings. The quantitative estimate of drug-likeness (QED) is 0.909. The molecule has 0 spiro atoms. The summed E-state index contributed by atoms with van der Waals surface area (Å²) in [5.41, 5.74) is -0.104. The molecule has 1 atom stereocenters. The van der Waals surface area contributed by atoms with Gasteiger partial charge in [0.1, 0.15) is 0 Å². The number of fused-ring (bicyclic) bond motifs is 1. The first kappa shape index (κ1) is 13.8. The van der Waals surface area contributed by atoms with E-state index in [2.05, 4.69) is 10.4 Å². The monoisotopic (exact) mass is 285 g/mol. The van der Waals surface area contributed by atoms with Gasteiger partial charge in [0.2, 0.25) is 5.91 Å². The lowest BCUT2D eigenvalue weighted by Gasteiger charge is -2.17. The topological polar surface area (TPSA) is 64.0 Å². The van der Waals surface area contributed by atoms with E-state index in [0.29, 0.717) is 11.9 Å². The third-order valence-corrected chi connectivity index (χ3v) is 3.94. The molecular weight excluding hydrogens is 266 g/mol. The maximum atomic E-state index is 12.4. The Hall–Kier alpha value is -2.17. The Labute approximate surface area is 123 Å². The highest BCUT2D eigenvalue weighted by Crippen LogP contribution is 2.28. The Morgan fingerprint density at radius 3 is 2.90 bits per heavy atom.